The molecule has 0 aromatic heterocycles. The molecule has 7 heteroatoms. The van der Waals surface area contributed by atoms with Gasteiger partial charge in [0.1, 0.15) is 19.0 Å². The van der Waals surface area contributed by atoms with Crippen LogP contribution in [0.4, 0.5) is 5.69 Å². The van der Waals surface area contributed by atoms with Gasteiger partial charge in [0.05, 0.1) is 20.1 Å². The summed E-state index contributed by atoms with van der Waals surface area (Å²) in [5.74, 6) is 0.483. The molecule has 1 aliphatic heterocycles. The first kappa shape index (κ1) is 23.3. The zero-order valence-corrected chi connectivity index (χ0v) is 19.2. The second kappa shape index (κ2) is 10.3. The van der Waals surface area contributed by atoms with Gasteiger partial charge in [0, 0.05) is 12.2 Å². The highest BCUT2D eigenvalue weighted by atomic mass is 16.5. The van der Waals surface area contributed by atoms with Gasteiger partial charge in [-0.05, 0) is 42.7 Å². The first-order chi connectivity index (χ1) is 15.3. The van der Waals surface area contributed by atoms with E-state index in [4.69, 9.17) is 4.74 Å². The van der Waals surface area contributed by atoms with Gasteiger partial charge in [-0.3, -0.25) is 19.3 Å². The molecule has 0 spiro atoms. The van der Waals surface area contributed by atoms with E-state index in [1.54, 1.807) is 16.9 Å². The predicted octanol–water partition coefficient (Wildman–Crippen LogP) is 2.86. The van der Waals surface area contributed by atoms with E-state index in [1.807, 2.05) is 69.3 Å². The quantitative estimate of drug-likeness (QED) is 0.637. The summed E-state index contributed by atoms with van der Waals surface area (Å²) in [6.07, 6.45) is 0.207. The van der Waals surface area contributed by atoms with Gasteiger partial charge < -0.3 is 14.5 Å². The maximum absolute atomic E-state index is 13.0. The normalized spacial score (nSPS) is 13.6. The van der Waals surface area contributed by atoms with Gasteiger partial charge in [-0.25, -0.2) is 0 Å². The lowest BCUT2D eigenvalue weighted by Crippen LogP contribution is -2.44. The molecular weight excluding hydrogens is 406 g/mol. The Kier molecular flexibility index (Phi) is 7.51. The van der Waals surface area contributed by atoms with Crippen molar-refractivity contribution < 1.29 is 19.1 Å². The van der Waals surface area contributed by atoms with E-state index in [9.17, 15) is 14.4 Å². The Labute approximate surface area is 189 Å². The SMILES string of the molecule is COc1ccc(CC(=O)N(CC(=O)N2CC(=O)N(c3ccc(C)cc3)C2)CC(C)C)cc1. The van der Waals surface area contributed by atoms with Crippen molar-refractivity contribution in [2.45, 2.75) is 27.2 Å². The summed E-state index contributed by atoms with van der Waals surface area (Å²) in [5, 5.41) is 0. The van der Waals surface area contributed by atoms with E-state index in [2.05, 4.69) is 0 Å². The fraction of sp³-hybridized carbons (Fsp3) is 0.400. The van der Waals surface area contributed by atoms with E-state index >= 15 is 0 Å². The Morgan fingerprint density at radius 2 is 1.72 bits per heavy atom. The summed E-state index contributed by atoms with van der Waals surface area (Å²) in [7, 11) is 1.60. The van der Waals surface area contributed by atoms with Crippen LogP contribution in [0.2, 0.25) is 0 Å². The highest BCUT2D eigenvalue weighted by molar-refractivity contribution is 6.00. The summed E-state index contributed by atoms with van der Waals surface area (Å²) in [4.78, 5) is 43.2. The fourth-order valence-electron chi connectivity index (χ4n) is 3.65. The summed E-state index contributed by atoms with van der Waals surface area (Å²) in [6, 6.07) is 15.0. The highest BCUT2D eigenvalue weighted by Crippen LogP contribution is 2.20. The largest absolute Gasteiger partial charge is 0.497 e. The van der Waals surface area contributed by atoms with Crippen LogP contribution in [0.3, 0.4) is 0 Å². The van der Waals surface area contributed by atoms with Gasteiger partial charge in [0.15, 0.2) is 0 Å². The third-order valence-corrected chi connectivity index (χ3v) is 5.42. The average Bonchev–Trinajstić information content (AvgIpc) is 3.15. The molecule has 0 radical (unpaired) electrons. The molecule has 170 valence electrons. The van der Waals surface area contributed by atoms with Gasteiger partial charge in [-0.15, -0.1) is 0 Å². The van der Waals surface area contributed by atoms with E-state index in [0.717, 1.165) is 22.6 Å². The summed E-state index contributed by atoms with van der Waals surface area (Å²) in [6.45, 7) is 6.66. The Morgan fingerprint density at radius 1 is 1.06 bits per heavy atom. The van der Waals surface area contributed by atoms with Crippen LogP contribution in [0.5, 0.6) is 5.75 Å². The standard InChI is InChI=1S/C25H31N3O4/c1-18(2)14-26(23(29)13-20-7-11-22(32-4)12-8-20)15-24(30)27-16-25(31)28(17-27)21-9-5-19(3)6-10-21/h5-12,18H,13-17H2,1-4H3. The minimum absolute atomic E-state index is 0.0227. The lowest BCUT2D eigenvalue weighted by Gasteiger charge is -2.26. The Balaban J connectivity index is 1.65. The maximum atomic E-state index is 13.0. The Hall–Kier alpha value is -3.35. The predicted molar refractivity (Wildman–Crippen MR) is 123 cm³/mol. The molecule has 1 aliphatic rings. The van der Waals surface area contributed by atoms with Crippen LogP contribution in [0.1, 0.15) is 25.0 Å². The topological polar surface area (TPSA) is 70.2 Å². The number of carbonyl (C=O) groups is 3. The third kappa shape index (κ3) is 5.87. The molecule has 3 amide bonds. The smallest absolute Gasteiger partial charge is 0.248 e. The molecule has 0 N–H and O–H groups in total. The third-order valence-electron chi connectivity index (χ3n) is 5.42. The molecule has 0 atom stereocenters. The number of hydrogen-bond donors (Lipinski definition) is 0. The van der Waals surface area contributed by atoms with Gasteiger partial charge in [0.25, 0.3) is 0 Å². The van der Waals surface area contributed by atoms with Crippen molar-refractivity contribution >= 4 is 23.4 Å². The van der Waals surface area contributed by atoms with Crippen LogP contribution in [0.25, 0.3) is 0 Å². The number of aryl methyl sites for hydroxylation is 1. The first-order valence-corrected chi connectivity index (χ1v) is 10.8. The number of rotatable bonds is 8. The lowest BCUT2D eigenvalue weighted by atomic mass is 10.1. The molecule has 1 fully saturated rings. The number of hydrogen-bond acceptors (Lipinski definition) is 4. The zero-order chi connectivity index (χ0) is 23.3. The number of carbonyl (C=O) groups excluding carboxylic acids is 3. The molecule has 1 saturated heterocycles. The number of anilines is 1. The minimum atomic E-state index is -0.225. The number of benzene rings is 2. The number of methoxy groups -OCH3 is 1. The van der Waals surface area contributed by atoms with Crippen LogP contribution in [-0.2, 0) is 20.8 Å². The molecule has 0 bridgehead atoms. The molecule has 2 aromatic carbocycles. The molecule has 0 unspecified atom stereocenters. The summed E-state index contributed by atoms with van der Waals surface area (Å²) >= 11 is 0. The number of ether oxygens (including phenoxy) is 1. The average molecular weight is 438 g/mol. The van der Waals surface area contributed by atoms with Crippen molar-refractivity contribution in [1.29, 1.82) is 0 Å². The molecule has 0 aliphatic carbocycles. The van der Waals surface area contributed by atoms with Gasteiger partial charge in [-0.2, -0.15) is 0 Å². The second-order valence-corrected chi connectivity index (χ2v) is 8.58. The van der Waals surface area contributed by atoms with E-state index in [-0.39, 0.29) is 49.8 Å². The second-order valence-electron chi connectivity index (χ2n) is 8.58. The number of amides is 3. The molecule has 7 nitrogen and oxygen atoms in total. The molecule has 0 saturated carbocycles. The van der Waals surface area contributed by atoms with E-state index in [1.165, 1.54) is 4.90 Å². The van der Waals surface area contributed by atoms with Gasteiger partial charge in [-0.1, -0.05) is 43.7 Å². The fourth-order valence-corrected chi connectivity index (χ4v) is 3.65. The van der Waals surface area contributed by atoms with Crippen molar-refractivity contribution in [2.24, 2.45) is 5.92 Å². The van der Waals surface area contributed by atoms with E-state index < -0.39 is 0 Å². The molecular formula is C25H31N3O4. The van der Waals surface area contributed by atoms with Crippen molar-refractivity contribution in [3.8, 4) is 5.75 Å². The lowest BCUT2D eigenvalue weighted by molar-refractivity contribution is -0.140. The minimum Gasteiger partial charge on any atom is -0.497 e. The van der Waals surface area contributed by atoms with Crippen LogP contribution in [0, 0.1) is 12.8 Å². The highest BCUT2D eigenvalue weighted by Gasteiger charge is 2.33. The Bertz CT molecular complexity index is 954. The molecule has 1 heterocycles. The van der Waals surface area contributed by atoms with Crippen LogP contribution >= 0.6 is 0 Å². The van der Waals surface area contributed by atoms with Crippen molar-refractivity contribution in [3.05, 3.63) is 59.7 Å². The number of nitrogens with zero attached hydrogens (tertiary/aromatic N) is 3. The molecule has 2 aromatic rings. The van der Waals surface area contributed by atoms with Crippen LogP contribution in [0.15, 0.2) is 48.5 Å². The van der Waals surface area contributed by atoms with Gasteiger partial charge in [0.2, 0.25) is 17.7 Å². The van der Waals surface area contributed by atoms with Crippen molar-refractivity contribution in [2.75, 3.05) is 38.3 Å². The zero-order valence-electron chi connectivity index (χ0n) is 19.2. The van der Waals surface area contributed by atoms with Crippen molar-refractivity contribution in [1.82, 2.24) is 9.80 Å². The maximum Gasteiger partial charge on any atom is 0.248 e. The monoisotopic (exact) mass is 437 g/mol. The Morgan fingerprint density at radius 3 is 2.31 bits per heavy atom. The van der Waals surface area contributed by atoms with E-state index in [0.29, 0.717) is 6.54 Å². The van der Waals surface area contributed by atoms with Crippen LogP contribution in [-0.4, -0.2) is 60.9 Å². The molecule has 3 rings (SSSR count). The summed E-state index contributed by atoms with van der Waals surface area (Å²) < 4.78 is 5.16. The van der Waals surface area contributed by atoms with Crippen molar-refractivity contribution in [3.63, 3.8) is 0 Å². The molecule has 32 heavy (non-hydrogen) atoms. The first-order valence-electron chi connectivity index (χ1n) is 10.8. The van der Waals surface area contributed by atoms with Gasteiger partial charge >= 0.3 is 0 Å². The van der Waals surface area contributed by atoms with Crippen LogP contribution < -0.4 is 9.64 Å². The summed E-state index contributed by atoms with van der Waals surface area (Å²) in [5.41, 5.74) is 2.73.